The summed E-state index contributed by atoms with van der Waals surface area (Å²) in [5.74, 6) is -6.67. The fourth-order valence-electron chi connectivity index (χ4n) is 3.50. The summed E-state index contributed by atoms with van der Waals surface area (Å²) in [5, 5.41) is 11.7. The molecule has 42 heavy (non-hydrogen) atoms. The molecule has 236 valence electrons. The van der Waals surface area contributed by atoms with Gasteiger partial charge in [-0.2, -0.15) is 16.8 Å². The van der Waals surface area contributed by atoms with Crippen molar-refractivity contribution in [2.24, 2.45) is 5.73 Å². The number of unbranched alkanes of at least 4 members (excludes halogenated alkanes) is 1. The van der Waals surface area contributed by atoms with Crippen molar-refractivity contribution >= 4 is 56.0 Å². The number of anilines is 1. The highest BCUT2D eigenvalue weighted by atomic mass is 32.2. The summed E-state index contributed by atoms with van der Waals surface area (Å²) >= 11 is 0. The van der Waals surface area contributed by atoms with Gasteiger partial charge in [0.25, 0.3) is 26.1 Å². The van der Waals surface area contributed by atoms with Crippen molar-refractivity contribution in [1.29, 1.82) is 0 Å². The molecule has 0 saturated heterocycles. The lowest BCUT2D eigenvalue weighted by atomic mass is 10.1. The Balaban J connectivity index is 2.74. The van der Waals surface area contributed by atoms with Crippen molar-refractivity contribution in [1.82, 2.24) is 21.3 Å². The predicted octanol–water partition coefficient (Wildman–Crippen LogP) is -2.25. The molecule has 17 nitrogen and oxygen atoms in total. The minimum atomic E-state index is -4.90. The highest BCUT2D eigenvalue weighted by Gasteiger charge is 2.32. The van der Waals surface area contributed by atoms with E-state index in [4.69, 9.17) is 10.3 Å². The Morgan fingerprint density at radius 3 is 1.93 bits per heavy atom. The van der Waals surface area contributed by atoms with Gasteiger partial charge in [0.1, 0.15) is 29.6 Å². The molecule has 9 N–H and O–H groups in total. The fraction of sp³-hybridized carbons (Fsp3) is 0.522. The summed E-state index contributed by atoms with van der Waals surface area (Å²) in [5.41, 5.74) is 6.64. The monoisotopic (exact) mass is 636 g/mol. The van der Waals surface area contributed by atoms with E-state index in [0.717, 1.165) is 18.7 Å². The van der Waals surface area contributed by atoms with Gasteiger partial charge < -0.3 is 32.3 Å². The standard InChI is InChI=1S/C23H36N6O11S2/c1-2-10-25-16-8-6-15(7-9-16)21(32)26-11-4-3-5-17(20(24)31)28-23(34)19(13-42(38,39)40)29-22(33)18(27-14-30)12-41(35,36)37/h6-9,14,17-19,25H,2-5,10-13H2,1H3,(H2,24,31)(H,26,32)(H,27,30)(H,28,34)(H,29,33)(H,35,36,37)(H,38,39,40)/t17-,18-,19-/m0/s1. The van der Waals surface area contributed by atoms with Crippen LogP contribution in [0.4, 0.5) is 5.69 Å². The minimum absolute atomic E-state index is 0.0423. The Bertz CT molecular complexity index is 1300. The van der Waals surface area contributed by atoms with Crippen LogP contribution in [0.5, 0.6) is 0 Å². The van der Waals surface area contributed by atoms with Gasteiger partial charge in [-0.1, -0.05) is 6.92 Å². The van der Waals surface area contributed by atoms with Crippen molar-refractivity contribution in [2.75, 3.05) is 29.9 Å². The molecular weight excluding hydrogens is 600 g/mol. The first-order chi connectivity index (χ1) is 19.6. The number of hydrogen-bond donors (Lipinski definition) is 8. The predicted molar refractivity (Wildman–Crippen MR) is 150 cm³/mol. The molecule has 1 aromatic carbocycles. The lowest BCUT2D eigenvalue weighted by Crippen LogP contribution is -2.58. The number of primary amides is 1. The maximum absolute atomic E-state index is 12.7. The molecule has 0 fully saturated rings. The van der Waals surface area contributed by atoms with Crippen molar-refractivity contribution in [3.63, 3.8) is 0 Å². The third-order valence-corrected chi connectivity index (χ3v) is 7.07. The van der Waals surface area contributed by atoms with Crippen LogP contribution in [0.15, 0.2) is 24.3 Å². The van der Waals surface area contributed by atoms with Gasteiger partial charge in [0, 0.05) is 24.3 Å². The SMILES string of the molecule is CCCNc1ccc(C(=O)NCCCC[C@H](NC(=O)[C@H](CS(=O)(=O)O)NC(=O)[C@H](CS(=O)(=O)O)NC=O)C(N)=O)cc1. The van der Waals surface area contributed by atoms with E-state index in [9.17, 15) is 45.4 Å². The van der Waals surface area contributed by atoms with E-state index in [-0.39, 0.29) is 31.7 Å². The maximum atomic E-state index is 12.7. The smallest absolute Gasteiger partial charge is 0.267 e. The van der Waals surface area contributed by atoms with Crippen molar-refractivity contribution in [3.8, 4) is 0 Å². The zero-order chi connectivity index (χ0) is 31.9. The highest BCUT2D eigenvalue weighted by Crippen LogP contribution is 2.10. The van der Waals surface area contributed by atoms with Gasteiger partial charge >= 0.3 is 0 Å². The van der Waals surface area contributed by atoms with Crippen LogP contribution in [0, 0.1) is 0 Å². The molecule has 0 aliphatic carbocycles. The van der Waals surface area contributed by atoms with E-state index in [1.54, 1.807) is 29.6 Å². The molecule has 0 saturated carbocycles. The van der Waals surface area contributed by atoms with E-state index < -0.39 is 67.6 Å². The Morgan fingerprint density at radius 2 is 1.40 bits per heavy atom. The Morgan fingerprint density at radius 1 is 0.857 bits per heavy atom. The second-order valence-corrected chi connectivity index (χ2v) is 12.1. The normalized spacial score (nSPS) is 13.6. The van der Waals surface area contributed by atoms with Gasteiger partial charge in [-0.15, -0.1) is 0 Å². The molecule has 0 aliphatic rings. The summed E-state index contributed by atoms with van der Waals surface area (Å²) in [4.78, 5) is 60.1. The first-order valence-corrected chi connectivity index (χ1v) is 15.9. The van der Waals surface area contributed by atoms with Gasteiger partial charge in [0.15, 0.2) is 0 Å². The van der Waals surface area contributed by atoms with Crippen LogP contribution in [-0.4, -0.2) is 98.7 Å². The molecule has 0 spiro atoms. The summed E-state index contributed by atoms with van der Waals surface area (Å²) in [6.45, 7) is 3.04. The second kappa shape index (κ2) is 17.2. The van der Waals surface area contributed by atoms with Crippen LogP contribution in [0.1, 0.15) is 43.0 Å². The average molecular weight is 637 g/mol. The van der Waals surface area contributed by atoms with Crippen LogP contribution < -0.4 is 32.3 Å². The number of carbonyl (C=O) groups excluding carboxylic acids is 5. The number of carbonyl (C=O) groups is 5. The first kappa shape index (κ1) is 36.2. The van der Waals surface area contributed by atoms with Gasteiger partial charge in [0.2, 0.25) is 24.1 Å². The van der Waals surface area contributed by atoms with Crippen molar-refractivity contribution in [2.45, 2.75) is 50.7 Å². The lowest BCUT2D eigenvalue weighted by Gasteiger charge is -2.23. The molecule has 1 rings (SSSR count). The largest absolute Gasteiger partial charge is 0.385 e. The average Bonchev–Trinajstić information content (AvgIpc) is 2.88. The molecule has 5 amide bonds. The van der Waals surface area contributed by atoms with Gasteiger partial charge in [0.05, 0.1) is 0 Å². The molecule has 19 heteroatoms. The van der Waals surface area contributed by atoms with E-state index in [0.29, 0.717) is 12.0 Å². The zero-order valence-electron chi connectivity index (χ0n) is 22.7. The van der Waals surface area contributed by atoms with Crippen LogP contribution in [0.25, 0.3) is 0 Å². The molecule has 0 heterocycles. The quantitative estimate of drug-likeness (QED) is 0.0428. The van der Waals surface area contributed by atoms with Gasteiger partial charge in [-0.25, -0.2) is 0 Å². The van der Waals surface area contributed by atoms with Gasteiger partial charge in [-0.05, 0) is 49.9 Å². The number of hydrogen-bond acceptors (Lipinski definition) is 10. The Hall–Kier alpha value is -3.81. The molecule has 1 aromatic rings. The van der Waals surface area contributed by atoms with E-state index in [1.165, 1.54) is 0 Å². The summed E-state index contributed by atoms with van der Waals surface area (Å²) in [7, 11) is -9.69. The molecule has 0 unspecified atom stereocenters. The number of amides is 5. The van der Waals surface area contributed by atoms with E-state index in [1.807, 2.05) is 12.2 Å². The van der Waals surface area contributed by atoms with E-state index >= 15 is 0 Å². The lowest BCUT2D eigenvalue weighted by molar-refractivity contribution is -0.131. The first-order valence-electron chi connectivity index (χ1n) is 12.7. The van der Waals surface area contributed by atoms with Crippen LogP contribution in [0.2, 0.25) is 0 Å². The molecule has 0 aliphatic heterocycles. The number of rotatable bonds is 20. The molecule has 0 bridgehead atoms. The zero-order valence-corrected chi connectivity index (χ0v) is 24.4. The topological polar surface area (TPSA) is 280 Å². The number of benzene rings is 1. The Labute approximate surface area is 243 Å². The van der Waals surface area contributed by atoms with Gasteiger partial charge in [-0.3, -0.25) is 33.1 Å². The minimum Gasteiger partial charge on any atom is -0.385 e. The van der Waals surface area contributed by atoms with Crippen LogP contribution >= 0.6 is 0 Å². The molecule has 0 aromatic heterocycles. The summed E-state index contributed by atoms with van der Waals surface area (Å²) in [6.07, 6.45) is 1.47. The number of nitrogens with one attached hydrogen (secondary N) is 5. The van der Waals surface area contributed by atoms with Crippen LogP contribution in [-0.2, 0) is 39.4 Å². The van der Waals surface area contributed by atoms with Crippen molar-refractivity contribution in [3.05, 3.63) is 29.8 Å². The third-order valence-electron chi connectivity index (χ3n) is 5.56. The molecule has 3 atom stereocenters. The highest BCUT2D eigenvalue weighted by molar-refractivity contribution is 7.86. The summed E-state index contributed by atoms with van der Waals surface area (Å²) in [6, 6.07) is 1.55. The molecular formula is C23H36N6O11S2. The third kappa shape index (κ3) is 14.7. The Kier molecular flexibility index (Phi) is 14.8. The summed E-state index contributed by atoms with van der Waals surface area (Å²) < 4.78 is 63.2. The van der Waals surface area contributed by atoms with Crippen LogP contribution in [0.3, 0.4) is 0 Å². The number of nitrogens with two attached hydrogens (primary N) is 1. The fourth-order valence-corrected chi connectivity index (χ4v) is 4.83. The molecule has 0 radical (unpaired) electrons. The van der Waals surface area contributed by atoms with Crippen molar-refractivity contribution < 1.29 is 49.9 Å². The van der Waals surface area contributed by atoms with E-state index in [2.05, 4.69) is 16.0 Å². The second-order valence-electron chi connectivity index (χ2n) is 9.11. The maximum Gasteiger partial charge on any atom is 0.267 e.